The molecule has 0 aliphatic carbocycles. The fraction of sp³-hybridized carbons (Fsp3) is 0.385. The molecule has 1 amide bonds. The van der Waals surface area contributed by atoms with Gasteiger partial charge in [0.15, 0.2) is 0 Å². The Bertz CT molecular complexity index is 446. The average Bonchev–Trinajstić information content (AvgIpc) is 2.38. The van der Waals surface area contributed by atoms with Gasteiger partial charge in [0.1, 0.15) is 19.0 Å². The van der Waals surface area contributed by atoms with Gasteiger partial charge in [0.05, 0.1) is 13.2 Å². The highest BCUT2D eigenvalue weighted by Crippen LogP contribution is 2.18. The molecule has 1 unspecified atom stereocenters. The SMILES string of the molecule is COc1cccc(C(C)NC(=O)COCC(=O)O)c1. The number of carboxylic acid groups (broad SMARTS) is 1. The number of carbonyl (C=O) groups excluding carboxylic acids is 1. The Hall–Kier alpha value is -2.08. The molecule has 1 atom stereocenters. The molecule has 2 N–H and O–H groups in total. The largest absolute Gasteiger partial charge is 0.497 e. The molecule has 0 fully saturated rings. The van der Waals surface area contributed by atoms with Crippen LogP contribution in [0.4, 0.5) is 0 Å². The highest BCUT2D eigenvalue weighted by molar-refractivity contribution is 5.78. The second kappa shape index (κ2) is 7.38. The number of rotatable bonds is 7. The third-order valence-electron chi connectivity index (χ3n) is 2.43. The van der Waals surface area contributed by atoms with Crippen molar-refractivity contribution in [1.29, 1.82) is 0 Å². The molecule has 19 heavy (non-hydrogen) atoms. The highest BCUT2D eigenvalue weighted by Gasteiger charge is 2.10. The lowest BCUT2D eigenvalue weighted by Gasteiger charge is -2.15. The van der Waals surface area contributed by atoms with Crippen molar-refractivity contribution < 1.29 is 24.2 Å². The Morgan fingerprint density at radius 3 is 2.74 bits per heavy atom. The van der Waals surface area contributed by atoms with Gasteiger partial charge in [-0.1, -0.05) is 12.1 Å². The number of hydrogen-bond acceptors (Lipinski definition) is 4. The van der Waals surface area contributed by atoms with Gasteiger partial charge in [-0.15, -0.1) is 0 Å². The molecule has 0 saturated carbocycles. The average molecular weight is 267 g/mol. The number of carboxylic acids is 1. The maximum Gasteiger partial charge on any atom is 0.329 e. The fourth-order valence-corrected chi connectivity index (χ4v) is 1.51. The Labute approximate surface area is 111 Å². The van der Waals surface area contributed by atoms with Gasteiger partial charge in [0.2, 0.25) is 5.91 Å². The van der Waals surface area contributed by atoms with Gasteiger partial charge in [-0.3, -0.25) is 4.79 Å². The second-order valence-electron chi connectivity index (χ2n) is 3.95. The van der Waals surface area contributed by atoms with Crippen molar-refractivity contribution in [1.82, 2.24) is 5.32 Å². The minimum absolute atomic E-state index is 0.212. The van der Waals surface area contributed by atoms with E-state index in [1.54, 1.807) is 7.11 Å². The predicted octanol–water partition coefficient (Wildman–Crippen LogP) is 0.974. The highest BCUT2D eigenvalue weighted by atomic mass is 16.5. The molecule has 0 aliphatic heterocycles. The Morgan fingerprint density at radius 2 is 2.11 bits per heavy atom. The summed E-state index contributed by atoms with van der Waals surface area (Å²) in [7, 11) is 1.57. The Morgan fingerprint density at radius 1 is 1.37 bits per heavy atom. The molecule has 1 rings (SSSR count). The molecule has 1 aromatic rings. The minimum Gasteiger partial charge on any atom is -0.497 e. The summed E-state index contributed by atoms with van der Waals surface area (Å²) in [4.78, 5) is 21.7. The topological polar surface area (TPSA) is 84.9 Å². The van der Waals surface area contributed by atoms with Crippen LogP contribution in [-0.2, 0) is 14.3 Å². The molecular formula is C13H17NO5. The van der Waals surface area contributed by atoms with E-state index >= 15 is 0 Å². The van der Waals surface area contributed by atoms with Crippen LogP contribution < -0.4 is 10.1 Å². The van der Waals surface area contributed by atoms with Crippen LogP contribution in [0, 0.1) is 0 Å². The van der Waals surface area contributed by atoms with E-state index in [1.807, 2.05) is 31.2 Å². The Balaban J connectivity index is 2.46. The number of hydrogen-bond donors (Lipinski definition) is 2. The second-order valence-corrected chi connectivity index (χ2v) is 3.95. The van der Waals surface area contributed by atoms with E-state index in [0.29, 0.717) is 5.75 Å². The van der Waals surface area contributed by atoms with Crippen molar-refractivity contribution in [2.45, 2.75) is 13.0 Å². The van der Waals surface area contributed by atoms with E-state index in [2.05, 4.69) is 5.32 Å². The first kappa shape index (κ1) is 15.0. The summed E-state index contributed by atoms with van der Waals surface area (Å²) in [5.74, 6) is -0.758. The molecule has 0 heterocycles. The number of benzene rings is 1. The lowest BCUT2D eigenvalue weighted by molar-refractivity contribution is -0.143. The van der Waals surface area contributed by atoms with Crippen LogP contribution in [0.15, 0.2) is 24.3 Å². The van der Waals surface area contributed by atoms with Crippen molar-refractivity contribution in [3.05, 3.63) is 29.8 Å². The molecule has 0 radical (unpaired) electrons. The van der Waals surface area contributed by atoms with E-state index in [9.17, 15) is 9.59 Å². The number of amides is 1. The van der Waals surface area contributed by atoms with Crippen LogP contribution in [0.5, 0.6) is 5.75 Å². The number of aliphatic carboxylic acids is 1. The van der Waals surface area contributed by atoms with Crippen molar-refractivity contribution in [3.8, 4) is 5.75 Å². The van der Waals surface area contributed by atoms with Crippen molar-refractivity contribution >= 4 is 11.9 Å². The molecular weight excluding hydrogens is 250 g/mol. The smallest absolute Gasteiger partial charge is 0.329 e. The third-order valence-corrected chi connectivity index (χ3v) is 2.43. The fourth-order valence-electron chi connectivity index (χ4n) is 1.51. The summed E-state index contributed by atoms with van der Waals surface area (Å²) in [6.45, 7) is 1.06. The van der Waals surface area contributed by atoms with Crippen LogP contribution in [0.3, 0.4) is 0 Å². The summed E-state index contributed by atoms with van der Waals surface area (Å²) in [6.07, 6.45) is 0. The molecule has 104 valence electrons. The van der Waals surface area contributed by atoms with E-state index in [0.717, 1.165) is 5.56 Å². The maximum atomic E-state index is 11.5. The maximum absolute atomic E-state index is 11.5. The molecule has 0 saturated heterocycles. The summed E-state index contributed by atoms with van der Waals surface area (Å²) in [5.41, 5.74) is 0.894. The van der Waals surface area contributed by atoms with Crippen LogP contribution in [0.2, 0.25) is 0 Å². The lowest BCUT2D eigenvalue weighted by Crippen LogP contribution is -2.30. The van der Waals surface area contributed by atoms with E-state index < -0.39 is 12.6 Å². The van der Waals surface area contributed by atoms with Crippen LogP contribution in [-0.4, -0.2) is 37.3 Å². The zero-order valence-corrected chi connectivity index (χ0v) is 10.9. The normalized spacial score (nSPS) is 11.7. The molecule has 1 aromatic carbocycles. The van der Waals surface area contributed by atoms with Crippen molar-refractivity contribution in [3.63, 3.8) is 0 Å². The zero-order chi connectivity index (χ0) is 14.3. The first-order valence-electron chi connectivity index (χ1n) is 5.75. The molecule has 0 aromatic heterocycles. The monoisotopic (exact) mass is 267 g/mol. The summed E-state index contributed by atoms with van der Waals surface area (Å²) in [5, 5.41) is 11.1. The number of ether oxygens (including phenoxy) is 2. The Kier molecular flexibility index (Phi) is 5.81. The first-order valence-corrected chi connectivity index (χ1v) is 5.75. The van der Waals surface area contributed by atoms with Gasteiger partial charge in [-0.25, -0.2) is 4.79 Å². The van der Waals surface area contributed by atoms with Crippen molar-refractivity contribution in [2.75, 3.05) is 20.3 Å². The van der Waals surface area contributed by atoms with Gasteiger partial charge in [-0.05, 0) is 24.6 Å². The van der Waals surface area contributed by atoms with Gasteiger partial charge >= 0.3 is 5.97 Å². The van der Waals surface area contributed by atoms with E-state index in [4.69, 9.17) is 14.6 Å². The molecule has 6 nitrogen and oxygen atoms in total. The van der Waals surface area contributed by atoms with E-state index in [1.165, 1.54) is 0 Å². The van der Waals surface area contributed by atoms with Gasteiger partial charge < -0.3 is 19.9 Å². The van der Waals surface area contributed by atoms with Crippen LogP contribution >= 0.6 is 0 Å². The summed E-state index contributed by atoms with van der Waals surface area (Å²) >= 11 is 0. The molecule has 6 heteroatoms. The number of carbonyl (C=O) groups is 2. The van der Waals surface area contributed by atoms with Gasteiger partial charge in [0, 0.05) is 0 Å². The first-order chi connectivity index (χ1) is 9.02. The molecule has 0 spiro atoms. The predicted molar refractivity (Wildman–Crippen MR) is 68.0 cm³/mol. The van der Waals surface area contributed by atoms with Gasteiger partial charge in [-0.2, -0.15) is 0 Å². The summed E-state index contributed by atoms with van der Waals surface area (Å²) in [6, 6.07) is 7.12. The van der Waals surface area contributed by atoms with E-state index in [-0.39, 0.29) is 18.6 Å². The van der Waals surface area contributed by atoms with Crippen LogP contribution in [0.1, 0.15) is 18.5 Å². The van der Waals surface area contributed by atoms with Crippen LogP contribution in [0.25, 0.3) is 0 Å². The molecule has 0 bridgehead atoms. The van der Waals surface area contributed by atoms with Gasteiger partial charge in [0.25, 0.3) is 0 Å². The lowest BCUT2D eigenvalue weighted by atomic mass is 10.1. The minimum atomic E-state index is -1.10. The zero-order valence-electron chi connectivity index (χ0n) is 10.9. The quantitative estimate of drug-likeness (QED) is 0.769. The standard InChI is InChI=1S/C13H17NO5/c1-9(10-4-3-5-11(6-10)18-2)14-12(15)7-19-8-13(16)17/h3-6,9H,7-8H2,1-2H3,(H,14,15)(H,16,17). The molecule has 0 aliphatic rings. The summed E-state index contributed by atoms with van der Waals surface area (Å²) < 4.78 is 9.80. The van der Waals surface area contributed by atoms with Crippen molar-refractivity contribution in [2.24, 2.45) is 0 Å². The number of nitrogens with one attached hydrogen (secondary N) is 1. The number of methoxy groups -OCH3 is 1. The third kappa shape index (κ3) is 5.39.